The third kappa shape index (κ3) is 6.64. The van der Waals surface area contributed by atoms with Gasteiger partial charge in [0.15, 0.2) is 11.6 Å². The highest BCUT2D eigenvalue weighted by Crippen LogP contribution is 2.35. The van der Waals surface area contributed by atoms with E-state index in [0.29, 0.717) is 17.7 Å². The average Bonchev–Trinajstić information content (AvgIpc) is 2.85. The summed E-state index contributed by atoms with van der Waals surface area (Å²) in [5.41, 5.74) is 2.20. The number of aryl methyl sites for hydroxylation is 1. The molecule has 0 aromatic heterocycles. The van der Waals surface area contributed by atoms with Crippen LogP contribution in [0, 0.1) is 17.5 Å². The van der Waals surface area contributed by atoms with Crippen molar-refractivity contribution >= 4 is 10.8 Å². The number of hydrogen-bond donors (Lipinski definition) is 0. The molecule has 0 saturated heterocycles. The summed E-state index contributed by atoms with van der Waals surface area (Å²) in [6.45, 7) is 2.20. The minimum Gasteiger partial charge on any atom is -0.399 e. The zero-order valence-corrected chi connectivity index (χ0v) is 20.3. The minimum absolute atomic E-state index is 0.149. The Bertz CT molecular complexity index is 1370. The summed E-state index contributed by atoms with van der Waals surface area (Å²) in [5.74, 6) is -5.50. The number of fused-ring (bicyclic) bond motifs is 1. The Balaban J connectivity index is 1.54. The molecule has 7 heteroatoms. The molecule has 0 saturated carbocycles. The van der Waals surface area contributed by atoms with Crippen molar-refractivity contribution in [2.24, 2.45) is 0 Å². The van der Waals surface area contributed by atoms with Crippen LogP contribution in [-0.2, 0) is 6.42 Å². The molecule has 0 fully saturated rings. The van der Waals surface area contributed by atoms with E-state index in [1.54, 1.807) is 6.07 Å². The topological polar surface area (TPSA) is 9.23 Å². The average molecular weight is 517 g/mol. The summed E-state index contributed by atoms with van der Waals surface area (Å²) in [6.07, 6.45) is 1.88. The maximum absolute atomic E-state index is 15.0. The maximum Gasteiger partial charge on any atom is 0.573 e. The highest BCUT2D eigenvalue weighted by molar-refractivity contribution is 5.88. The lowest BCUT2D eigenvalue weighted by atomic mass is 9.96. The largest absolute Gasteiger partial charge is 0.573 e. The zero-order valence-electron chi connectivity index (χ0n) is 20.3. The third-order valence-corrected chi connectivity index (χ3v) is 6.30. The lowest BCUT2D eigenvalue weighted by Crippen LogP contribution is -2.19. The second-order valence-corrected chi connectivity index (χ2v) is 9.07. The van der Waals surface area contributed by atoms with Crippen molar-refractivity contribution in [3.63, 3.8) is 0 Å². The monoisotopic (exact) mass is 516 g/mol. The SMILES string of the molecule is CCCCCCCc1ccc2cc(-c3ccc(-c4cc(F)c(OC(F)(F)F)c(F)c4)c(F)c3)ccc2c1. The van der Waals surface area contributed by atoms with Crippen LogP contribution in [-0.4, -0.2) is 6.36 Å². The number of ether oxygens (including phenoxy) is 1. The summed E-state index contributed by atoms with van der Waals surface area (Å²) < 4.78 is 83.7. The second-order valence-electron chi connectivity index (χ2n) is 9.07. The van der Waals surface area contributed by atoms with E-state index < -0.39 is 29.6 Å². The van der Waals surface area contributed by atoms with Crippen LogP contribution in [0.5, 0.6) is 5.75 Å². The van der Waals surface area contributed by atoms with Gasteiger partial charge in [0.2, 0.25) is 5.75 Å². The van der Waals surface area contributed by atoms with Gasteiger partial charge in [0.25, 0.3) is 0 Å². The highest BCUT2D eigenvalue weighted by Gasteiger charge is 2.34. The van der Waals surface area contributed by atoms with Crippen molar-refractivity contribution in [2.45, 2.75) is 51.8 Å². The van der Waals surface area contributed by atoms with Gasteiger partial charge in [-0.15, -0.1) is 13.2 Å². The van der Waals surface area contributed by atoms with Gasteiger partial charge in [0.05, 0.1) is 0 Å². The summed E-state index contributed by atoms with van der Waals surface area (Å²) >= 11 is 0. The van der Waals surface area contributed by atoms with Gasteiger partial charge in [-0.2, -0.15) is 0 Å². The molecular formula is C30H26F6O. The van der Waals surface area contributed by atoms with Gasteiger partial charge < -0.3 is 4.74 Å². The molecule has 0 spiro atoms. The molecule has 0 amide bonds. The van der Waals surface area contributed by atoms with E-state index in [1.807, 2.05) is 24.3 Å². The molecule has 1 nitrogen and oxygen atoms in total. The first-order valence-corrected chi connectivity index (χ1v) is 12.2. The van der Waals surface area contributed by atoms with Crippen LogP contribution >= 0.6 is 0 Å². The van der Waals surface area contributed by atoms with Crippen molar-refractivity contribution in [3.8, 4) is 28.0 Å². The van der Waals surface area contributed by atoms with Crippen molar-refractivity contribution < 1.29 is 31.1 Å². The van der Waals surface area contributed by atoms with Gasteiger partial charge >= 0.3 is 6.36 Å². The van der Waals surface area contributed by atoms with E-state index in [4.69, 9.17) is 0 Å². The van der Waals surface area contributed by atoms with Gasteiger partial charge in [-0.05, 0) is 70.1 Å². The standard InChI is InChI=1S/C30H26F6O/c1-2-3-4-5-6-7-19-8-9-21-15-22(11-10-20(21)14-19)23-12-13-25(26(31)16-23)24-17-27(32)29(28(33)18-24)37-30(34,35)36/h8-18H,2-7H2,1H3. The molecule has 4 rings (SSSR count). The molecule has 0 aliphatic carbocycles. The van der Waals surface area contributed by atoms with Crippen LogP contribution < -0.4 is 4.74 Å². The Kier molecular flexibility index (Phi) is 8.10. The van der Waals surface area contributed by atoms with Gasteiger partial charge in [0, 0.05) is 5.56 Å². The lowest BCUT2D eigenvalue weighted by Gasteiger charge is -2.13. The highest BCUT2D eigenvalue weighted by atomic mass is 19.4. The van der Waals surface area contributed by atoms with Crippen LogP contribution in [0.2, 0.25) is 0 Å². The first kappa shape index (κ1) is 26.6. The Hall–Kier alpha value is -3.48. The van der Waals surface area contributed by atoms with Crippen molar-refractivity contribution in [1.29, 1.82) is 0 Å². The fraction of sp³-hybridized carbons (Fsp3) is 0.267. The molecule has 4 aromatic rings. The molecule has 0 heterocycles. The van der Waals surface area contributed by atoms with E-state index in [9.17, 15) is 26.3 Å². The Labute approximate surface area is 211 Å². The number of benzene rings is 4. The van der Waals surface area contributed by atoms with E-state index in [2.05, 4.69) is 23.8 Å². The Morgan fingerprint density at radius 2 is 1.22 bits per heavy atom. The quantitative estimate of drug-likeness (QED) is 0.159. The van der Waals surface area contributed by atoms with Crippen molar-refractivity contribution in [3.05, 3.63) is 89.7 Å². The van der Waals surface area contributed by atoms with Crippen LogP contribution in [0.15, 0.2) is 66.7 Å². The van der Waals surface area contributed by atoms with E-state index in [1.165, 1.54) is 43.4 Å². The predicted molar refractivity (Wildman–Crippen MR) is 134 cm³/mol. The number of rotatable bonds is 9. The normalized spacial score (nSPS) is 11.8. The Morgan fingerprint density at radius 1 is 0.622 bits per heavy atom. The van der Waals surface area contributed by atoms with Crippen LogP contribution in [0.3, 0.4) is 0 Å². The maximum atomic E-state index is 15.0. The molecule has 0 aliphatic heterocycles. The van der Waals surface area contributed by atoms with Gasteiger partial charge in [-0.1, -0.05) is 75.1 Å². The van der Waals surface area contributed by atoms with Gasteiger partial charge in [0.1, 0.15) is 5.82 Å². The Morgan fingerprint density at radius 3 is 1.89 bits per heavy atom. The first-order chi connectivity index (χ1) is 17.6. The van der Waals surface area contributed by atoms with E-state index >= 15 is 0 Å². The molecule has 0 unspecified atom stereocenters. The summed E-state index contributed by atoms with van der Waals surface area (Å²) in [6, 6.07) is 17.5. The molecule has 0 N–H and O–H groups in total. The minimum atomic E-state index is -5.26. The number of unbranched alkanes of at least 4 members (excludes halogenated alkanes) is 4. The molecule has 0 atom stereocenters. The zero-order chi connectivity index (χ0) is 26.6. The number of alkyl halides is 3. The summed E-state index contributed by atoms with van der Waals surface area (Å²) in [4.78, 5) is 0. The van der Waals surface area contributed by atoms with E-state index in [-0.39, 0.29) is 11.1 Å². The van der Waals surface area contributed by atoms with Crippen LogP contribution in [0.1, 0.15) is 44.6 Å². The lowest BCUT2D eigenvalue weighted by molar-refractivity contribution is -0.276. The molecule has 37 heavy (non-hydrogen) atoms. The summed E-state index contributed by atoms with van der Waals surface area (Å²) in [5, 5.41) is 2.08. The van der Waals surface area contributed by atoms with Crippen molar-refractivity contribution in [2.75, 3.05) is 0 Å². The third-order valence-electron chi connectivity index (χ3n) is 6.30. The molecule has 0 bridgehead atoms. The van der Waals surface area contributed by atoms with E-state index in [0.717, 1.165) is 29.2 Å². The molecule has 0 radical (unpaired) electrons. The van der Waals surface area contributed by atoms with Crippen molar-refractivity contribution in [1.82, 2.24) is 0 Å². The van der Waals surface area contributed by atoms with Crippen LogP contribution in [0.25, 0.3) is 33.0 Å². The van der Waals surface area contributed by atoms with Crippen LogP contribution in [0.4, 0.5) is 26.3 Å². The smallest absolute Gasteiger partial charge is 0.399 e. The fourth-order valence-corrected chi connectivity index (χ4v) is 4.42. The second kappa shape index (κ2) is 11.3. The first-order valence-electron chi connectivity index (χ1n) is 12.2. The molecule has 194 valence electrons. The fourth-order valence-electron chi connectivity index (χ4n) is 4.42. The molecule has 4 aromatic carbocycles. The van der Waals surface area contributed by atoms with Gasteiger partial charge in [-0.25, -0.2) is 13.2 Å². The molecule has 0 aliphatic rings. The molecular weight excluding hydrogens is 490 g/mol. The van der Waals surface area contributed by atoms with Gasteiger partial charge in [-0.3, -0.25) is 0 Å². The predicted octanol–water partition coefficient (Wildman–Crippen LogP) is 10.0. The summed E-state index contributed by atoms with van der Waals surface area (Å²) in [7, 11) is 0. The number of hydrogen-bond acceptors (Lipinski definition) is 1. The number of halogens is 6.